The maximum absolute atomic E-state index is 12.8. The number of para-hydroxylation sites is 1. The lowest BCUT2D eigenvalue weighted by Crippen LogP contribution is -2.45. The number of likely N-dealkylation sites (tertiary alicyclic amines) is 1. The molecule has 2 aliphatic rings. The number of carbonyl (C=O) groups is 1. The Hall–Kier alpha value is -1.89. The van der Waals surface area contributed by atoms with Crippen molar-refractivity contribution in [2.75, 3.05) is 18.8 Å². The number of fused-ring (bicyclic) bond motifs is 1. The topological polar surface area (TPSA) is 63.9 Å². The summed E-state index contributed by atoms with van der Waals surface area (Å²) in [5.41, 5.74) is 3.24. The van der Waals surface area contributed by atoms with Gasteiger partial charge in [0.15, 0.2) is 0 Å². The number of hydrogen-bond donors (Lipinski definition) is 0. The van der Waals surface area contributed by atoms with Crippen LogP contribution in [0.25, 0.3) is 5.69 Å². The Labute approximate surface area is 164 Å². The zero-order valence-corrected chi connectivity index (χ0v) is 16.9. The van der Waals surface area contributed by atoms with Gasteiger partial charge in [-0.15, -0.1) is 5.10 Å². The summed E-state index contributed by atoms with van der Waals surface area (Å²) in [5, 5.41) is 12.8. The monoisotopic (exact) mass is 385 g/mol. The van der Waals surface area contributed by atoms with Gasteiger partial charge in [0.25, 0.3) is 0 Å². The highest BCUT2D eigenvalue weighted by atomic mass is 32.2. The minimum absolute atomic E-state index is 0.208. The Balaban J connectivity index is 1.41. The highest BCUT2D eigenvalue weighted by molar-refractivity contribution is 7.99. The lowest BCUT2D eigenvalue weighted by Gasteiger charge is -2.41. The average Bonchev–Trinajstić information content (AvgIpc) is 3.13. The quantitative estimate of drug-likeness (QED) is 0.755. The number of hydrogen-bond acceptors (Lipinski definition) is 5. The van der Waals surface area contributed by atoms with Crippen LogP contribution < -0.4 is 0 Å². The molecule has 1 amide bonds. The predicted molar refractivity (Wildman–Crippen MR) is 106 cm³/mol. The maximum atomic E-state index is 12.8. The van der Waals surface area contributed by atoms with Crippen LogP contribution in [0.1, 0.15) is 43.2 Å². The summed E-state index contributed by atoms with van der Waals surface area (Å²) in [6.45, 7) is 5.95. The highest BCUT2D eigenvalue weighted by Gasteiger charge is 2.32. The van der Waals surface area contributed by atoms with Crippen molar-refractivity contribution in [2.45, 2.75) is 51.1 Å². The first kappa shape index (κ1) is 18.5. The molecule has 1 aliphatic heterocycles. The minimum atomic E-state index is 0.208. The van der Waals surface area contributed by atoms with Crippen molar-refractivity contribution >= 4 is 17.7 Å². The standard InChI is InChI=1S/C20H27N5OS/c1-14-6-5-7-15(2)19(14)25-20(21-22-23-25)27-13-18(26)24-11-10-16-8-3-4-9-17(16)12-24/h5-7,16-17H,3-4,8-13H2,1-2H3/t16-,17+/m1/s1. The Morgan fingerprint density at radius 3 is 2.67 bits per heavy atom. The van der Waals surface area contributed by atoms with Crippen LogP contribution in [-0.4, -0.2) is 49.9 Å². The van der Waals surface area contributed by atoms with Crippen molar-refractivity contribution in [1.82, 2.24) is 25.1 Å². The highest BCUT2D eigenvalue weighted by Crippen LogP contribution is 2.36. The van der Waals surface area contributed by atoms with Crippen LogP contribution in [0.3, 0.4) is 0 Å². The third-order valence-corrected chi connectivity index (χ3v) is 6.96. The van der Waals surface area contributed by atoms with Crippen LogP contribution in [0.15, 0.2) is 23.4 Å². The Morgan fingerprint density at radius 2 is 1.89 bits per heavy atom. The van der Waals surface area contributed by atoms with Crippen molar-refractivity contribution in [3.63, 3.8) is 0 Å². The predicted octanol–water partition coefficient (Wildman–Crippen LogP) is 3.41. The lowest BCUT2D eigenvalue weighted by molar-refractivity contribution is -0.131. The van der Waals surface area contributed by atoms with Crippen LogP contribution >= 0.6 is 11.8 Å². The van der Waals surface area contributed by atoms with Crippen LogP contribution in [0, 0.1) is 25.7 Å². The van der Waals surface area contributed by atoms with Crippen molar-refractivity contribution in [1.29, 1.82) is 0 Å². The molecule has 2 aromatic rings. The Kier molecular flexibility index (Phi) is 5.48. The third kappa shape index (κ3) is 3.88. The molecular weight excluding hydrogens is 358 g/mol. The van der Waals surface area contributed by atoms with Crippen LogP contribution in [0.5, 0.6) is 0 Å². The van der Waals surface area contributed by atoms with E-state index in [0.717, 1.165) is 35.8 Å². The van der Waals surface area contributed by atoms with Crippen molar-refractivity contribution in [3.05, 3.63) is 29.3 Å². The molecule has 1 aromatic heterocycles. The largest absolute Gasteiger partial charge is 0.342 e. The van der Waals surface area contributed by atoms with E-state index in [1.807, 2.05) is 6.07 Å². The maximum Gasteiger partial charge on any atom is 0.233 e. The molecule has 144 valence electrons. The summed E-state index contributed by atoms with van der Waals surface area (Å²) in [6, 6.07) is 6.14. The zero-order valence-electron chi connectivity index (χ0n) is 16.1. The minimum Gasteiger partial charge on any atom is -0.342 e. The second kappa shape index (κ2) is 8.00. The van der Waals surface area contributed by atoms with Gasteiger partial charge in [0.05, 0.1) is 11.4 Å². The molecule has 0 unspecified atom stereocenters. The van der Waals surface area contributed by atoms with Crippen molar-refractivity contribution in [2.24, 2.45) is 11.8 Å². The number of thioether (sulfide) groups is 1. The molecule has 1 aromatic carbocycles. The smallest absolute Gasteiger partial charge is 0.233 e. The third-order valence-electron chi connectivity index (χ3n) is 6.06. The van der Waals surface area contributed by atoms with Crippen molar-refractivity contribution in [3.8, 4) is 5.69 Å². The van der Waals surface area contributed by atoms with Gasteiger partial charge in [0, 0.05) is 13.1 Å². The fourth-order valence-electron chi connectivity index (χ4n) is 4.59. The van der Waals surface area contributed by atoms with Gasteiger partial charge >= 0.3 is 0 Å². The summed E-state index contributed by atoms with van der Waals surface area (Å²) in [5.74, 6) is 2.15. The molecule has 2 atom stereocenters. The molecule has 1 saturated heterocycles. The van der Waals surface area contributed by atoms with Gasteiger partial charge in [-0.1, -0.05) is 49.2 Å². The summed E-state index contributed by atoms with van der Waals surface area (Å²) >= 11 is 1.43. The lowest BCUT2D eigenvalue weighted by atomic mass is 9.75. The summed E-state index contributed by atoms with van der Waals surface area (Å²) in [6.07, 6.45) is 6.49. The number of benzene rings is 1. The molecular formula is C20H27N5OS. The molecule has 0 spiro atoms. The molecule has 1 aliphatic carbocycles. The van der Waals surface area contributed by atoms with Gasteiger partial charge in [-0.25, -0.2) is 0 Å². The van der Waals surface area contributed by atoms with E-state index in [0.29, 0.717) is 16.8 Å². The number of nitrogens with zero attached hydrogens (tertiary/aromatic N) is 5. The van der Waals surface area contributed by atoms with E-state index in [2.05, 4.69) is 46.4 Å². The number of rotatable bonds is 4. The number of carbonyl (C=O) groups excluding carboxylic acids is 1. The van der Waals surface area contributed by atoms with Crippen LogP contribution in [0.2, 0.25) is 0 Å². The van der Waals surface area contributed by atoms with Gasteiger partial charge in [-0.05, 0) is 60.1 Å². The van der Waals surface area contributed by atoms with Gasteiger partial charge in [-0.2, -0.15) is 4.68 Å². The number of tetrazole rings is 1. The first-order valence-corrected chi connectivity index (χ1v) is 10.9. The molecule has 0 bridgehead atoms. The van der Waals surface area contributed by atoms with Gasteiger partial charge in [-0.3, -0.25) is 4.79 Å². The zero-order chi connectivity index (χ0) is 18.8. The van der Waals surface area contributed by atoms with Gasteiger partial charge in [0.2, 0.25) is 11.1 Å². The number of amides is 1. The molecule has 1 saturated carbocycles. The summed E-state index contributed by atoms with van der Waals surface area (Å²) < 4.78 is 1.76. The van der Waals surface area contributed by atoms with E-state index >= 15 is 0 Å². The summed E-state index contributed by atoms with van der Waals surface area (Å²) in [4.78, 5) is 14.8. The molecule has 0 N–H and O–H groups in total. The molecule has 0 radical (unpaired) electrons. The molecule has 2 heterocycles. The number of aryl methyl sites for hydroxylation is 2. The van der Waals surface area contributed by atoms with Crippen molar-refractivity contribution < 1.29 is 4.79 Å². The molecule has 2 fully saturated rings. The fraction of sp³-hybridized carbons (Fsp3) is 0.600. The molecule has 4 rings (SSSR count). The Bertz CT molecular complexity index is 800. The van der Waals surface area contributed by atoms with E-state index in [-0.39, 0.29) is 5.91 Å². The van der Waals surface area contributed by atoms with E-state index in [9.17, 15) is 4.79 Å². The Morgan fingerprint density at radius 1 is 1.15 bits per heavy atom. The first-order chi connectivity index (χ1) is 13.1. The van der Waals surface area contributed by atoms with Crippen LogP contribution in [-0.2, 0) is 4.79 Å². The van der Waals surface area contributed by atoms with E-state index in [4.69, 9.17) is 0 Å². The molecule has 7 heteroatoms. The second-order valence-electron chi connectivity index (χ2n) is 7.84. The molecule has 27 heavy (non-hydrogen) atoms. The van der Waals surface area contributed by atoms with Gasteiger partial charge in [0.1, 0.15) is 0 Å². The SMILES string of the molecule is Cc1cccc(C)c1-n1nnnc1SCC(=O)N1CC[C@H]2CCCC[C@H]2C1. The van der Waals surface area contributed by atoms with E-state index in [1.165, 1.54) is 43.9 Å². The number of piperidine rings is 1. The van der Waals surface area contributed by atoms with Crippen LogP contribution in [0.4, 0.5) is 0 Å². The van der Waals surface area contributed by atoms with Gasteiger partial charge < -0.3 is 4.90 Å². The fourth-order valence-corrected chi connectivity index (χ4v) is 5.37. The normalized spacial score (nSPS) is 22.5. The first-order valence-electron chi connectivity index (χ1n) is 9.89. The summed E-state index contributed by atoms with van der Waals surface area (Å²) in [7, 11) is 0. The molecule has 6 nitrogen and oxygen atoms in total. The number of aromatic nitrogens is 4. The van der Waals surface area contributed by atoms with E-state index < -0.39 is 0 Å². The second-order valence-corrected chi connectivity index (χ2v) is 8.78. The average molecular weight is 386 g/mol. The van der Waals surface area contributed by atoms with E-state index in [1.54, 1.807) is 4.68 Å².